The Bertz CT molecular complexity index is 1020. The van der Waals surface area contributed by atoms with Gasteiger partial charge in [-0.25, -0.2) is 16.8 Å². The Hall–Kier alpha value is -1.12. The monoisotopic (exact) mass is 505 g/mol. The first-order chi connectivity index (χ1) is 14.2. The van der Waals surface area contributed by atoms with Crippen LogP contribution in [-0.2, 0) is 30.2 Å². The third-order valence-electron chi connectivity index (χ3n) is 5.79. The Morgan fingerprint density at radius 3 is 2.06 bits per heavy atom. The van der Waals surface area contributed by atoms with Crippen molar-refractivity contribution in [3.05, 3.63) is 70.7 Å². The highest BCUT2D eigenvalue weighted by Gasteiger charge is 2.57. The van der Waals surface area contributed by atoms with Crippen LogP contribution in [0.15, 0.2) is 54.6 Å². The van der Waals surface area contributed by atoms with Gasteiger partial charge in [0.25, 0.3) is 0 Å². The van der Waals surface area contributed by atoms with E-state index in [1.807, 2.05) is 31.3 Å². The van der Waals surface area contributed by atoms with Crippen molar-refractivity contribution in [2.45, 2.75) is 29.8 Å². The molecule has 1 aliphatic heterocycles. The van der Waals surface area contributed by atoms with Crippen LogP contribution in [0.5, 0.6) is 0 Å². The number of hydrogen-bond donors (Lipinski definition) is 0. The molecule has 0 saturated carbocycles. The van der Waals surface area contributed by atoms with E-state index in [4.69, 9.17) is 11.6 Å². The lowest BCUT2D eigenvalue weighted by molar-refractivity contribution is 0.326. The zero-order valence-corrected chi connectivity index (χ0v) is 20.7. The number of hydrogen-bond acceptors (Lipinski definition) is 5. The van der Waals surface area contributed by atoms with Crippen molar-refractivity contribution in [3.63, 3.8) is 0 Å². The average molecular weight is 507 g/mol. The molecular weight excluding hydrogens is 477 g/mol. The van der Waals surface area contributed by atoms with Crippen molar-refractivity contribution < 1.29 is 16.8 Å². The lowest BCUT2D eigenvalue weighted by atomic mass is 10.1. The van der Waals surface area contributed by atoms with Crippen molar-refractivity contribution in [2.24, 2.45) is 0 Å². The molecule has 0 amide bonds. The number of benzene rings is 2. The second kappa shape index (κ2) is 10.7. The predicted molar refractivity (Wildman–Crippen MR) is 129 cm³/mol. The summed E-state index contributed by atoms with van der Waals surface area (Å²) >= 11 is 5.92. The van der Waals surface area contributed by atoms with Gasteiger partial charge < -0.3 is 4.90 Å². The number of likely N-dealkylation sites (N-methyl/N-ethyl adjacent to an activating group) is 1. The molecule has 2 aromatic carbocycles. The van der Waals surface area contributed by atoms with Gasteiger partial charge in [-0.1, -0.05) is 54.1 Å². The van der Waals surface area contributed by atoms with E-state index < -0.39 is 23.8 Å². The van der Waals surface area contributed by atoms with E-state index in [1.54, 1.807) is 30.3 Å². The maximum Gasteiger partial charge on any atom is 0.198 e. The minimum Gasteiger partial charge on any atom is -0.306 e. The van der Waals surface area contributed by atoms with E-state index in [-0.39, 0.29) is 36.8 Å². The summed E-state index contributed by atoms with van der Waals surface area (Å²) < 4.78 is 50.7. The van der Waals surface area contributed by atoms with Crippen molar-refractivity contribution in [3.8, 4) is 0 Å². The molecule has 1 heterocycles. The van der Waals surface area contributed by atoms with Gasteiger partial charge >= 0.3 is 0 Å². The van der Waals surface area contributed by atoms with Crippen molar-refractivity contribution in [2.75, 3.05) is 31.6 Å². The van der Waals surface area contributed by atoms with E-state index in [0.717, 1.165) is 13.0 Å². The van der Waals surface area contributed by atoms with Gasteiger partial charge in [0.2, 0.25) is 0 Å². The molecule has 5 nitrogen and oxygen atoms in total. The zero-order chi connectivity index (χ0) is 21.8. The standard InChI is InChI=1S/C22H28ClNO4S2.ClH/c1-24(16-13-19-9-11-21(23)12-10-19)15-5-14-22(20-7-3-2-4-8-20)29(25,26)17-6-18-30(22,27)28;/h2-4,7-12H,5-6,13-18H2,1H3;1H. The van der Waals surface area contributed by atoms with E-state index in [2.05, 4.69) is 4.90 Å². The van der Waals surface area contributed by atoms with Crippen LogP contribution < -0.4 is 0 Å². The molecule has 0 atom stereocenters. The molecule has 1 saturated heterocycles. The van der Waals surface area contributed by atoms with E-state index in [1.165, 1.54) is 5.56 Å². The molecule has 1 fully saturated rings. The average Bonchev–Trinajstić information content (AvgIpc) is 2.70. The lowest BCUT2D eigenvalue weighted by Gasteiger charge is -2.37. The fourth-order valence-electron chi connectivity index (χ4n) is 4.13. The molecule has 1 aliphatic rings. The first kappa shape index (κ1) is 26.1. The summed E-state index contributed by atoms with van der Waals surface area (Å²) in [5.74, 6) is -0.180. The predicted octanol–water partition coefficient (Wildman–Crippen LogP) is 4.10. The normalized spacial score (nSPS) is 18.9. The molecule has 0 aromatic heterocycles. The second-order valence-corrected chi connectivity index (χ2v) is 13.3. The third kappa shape index (κ3) is 5.63. The summed E-state index contributed by atoms with van der Waals surface area (Å²) in [4.78, 5) is 2.11. The number of halogens is 2. The van der Waals surface area contributed by atoms with Crippen molar-refractivity contribution in [1.29, 1.82) is 0 Å². The highest BCUT2D eigenvalue weighted by molar-refractivity contribution is 8.10. The first-order valence-electron chi connectivity index (χ1n) is 10.1. The highest BCUT2D eigenvalue weighted by atomic mass is 35.5. The van der Waals surface area contributed by atoms with Crippen LogP contribution in [0.1, 0.15) is 30.4 Å². The maximum absolute atomic E-state index is 13.1. The Morgan fingerprint density at radius 2 is 1.48 bits per heavy atom. The van der Waals surface area contributed by atoms with Gasteiger partial charge in [0.05, 0.1) is 11.5 Å². The maximum atomic E-state index is 13.1. The Balaban J connectivity index is 0.00000341. The molecule has 0 unspecified atom stereocenters. The summed E-state index contributed by atoms with van der Waals surface area (Å²) in [5.41, 5.74) is 1.54. The fraction of sp³-hybridized carbons (Fsp3) is 0.455. The highest BCUT2D eigenvalue weighted by Crippen LogP contribution is 2.44. The third-order valence-corrected chi connectivity index (χ3v) is 12.1. The Kier molecular flexibility index (Phi) is 8.99. The van der Waals surface area contributed by atoms with Gasteiger partial charge in [-0.05, 0) is 62.5 Å². The summed E-state index contributed by atoms with van der Waals surface area (Å²) in [5, 5.41) is 0.702. The molecular formula is C22H29Cl2NO4S2. The molecule has 2 aromatic rings. The van der Waals surface area contributed by atoms with Crippen molar-refractivity contribution in [1.82, 2.24) is 4.90 Å². The van der Waals surface area contributed by atoms with Gasteiger partial charge in [0, 0.05) is 11.6 Å². The summed E-state index contributed by atoms with van der Waals surface area (Å²) in [6, 6.07) is 16.1. The topological polar surface area (TPSA) is 71.5 Å². The first-order valence-corrected chi connectivity index (χ1v) is 13.8. The van der Waals surface area contributed by atoms with Crippen LogP contribution in [0.4, 0.5) is 0 Å². The molecule has 3 rings (SSSR count). The lowest BCUT2D eigenvalue weighted by Crippen LogP contribution is -2.50. The van der Waals surface area contributed by atoms with Crippen LogP contribution in [0.3, 0.4) is 0 Å². The van der Waals surface area contributed by atoms with Crippen LogP contribution in [0, 0.1) is 0 Å². The van der Waals surface area contributed by atoms with Gasteiger partial charge in [0.1, 0.15) is 0 Å². The molecule has 9 heteroatoms. The summed E-state index contributed by atoms with van der Waals surface area (Å²) in [7, 11) is -5.68. The number of nitrogens with zero attached hydrogens (tertiary/aromatic N) is 1. The SMILES string of the molecule is CN(CCCC1(c2ccccc2)S(=O)(=O)CCCS1(=O)=O)CCc1ccc(Cl)cc1.Cl. The van der Waals surface area contributed by atoms with Crippen LogP contribution in [0.25, 0.3) is 0 Å². The largest absolute Gasteiger partial charge is 0.306 e. The van der Waals surface area contributed by atoms with Crippen LogP contribution in [-0.4, -0.2) is 53.4 Å². The number of sulfone groups is 2. The van der Waals surface area contributed by atoms with E-state index in [9.17, 15) is 16.8 Å². The van der Waals surface area contributed by atoms with Crippen molar-refractivity contribution >= 4 is 43.7 Å². The molecule has 0 N–H and O–H groups in total. The summed E-state index contributed by atoms with van der Waals surface area (Å²) in [6.45, 7) is 1.41. The fourth-order valence-corrected chi connectivity index (χ4v) is 10.1. The minimum atomic E-state index is -3.82. The number of rotatable bonds is 8. The molecule has 31 heavy (non-hydrogen) atoms. The quantitative estimate of drug-likeness (QED) is 0.539. The Labute approximate surface area is 197 Å². The molecule has 0 spiro atoms. The van der Waals surface area contributed by atoms with E-state index in [0.29, 0.717) is 23.6 Å². The van der Waals surface area contributed by atoms with Gasteiger partial charge in [0.15, 0.2) is 23.8 Å². The molecule has 0 radical (unpaired) electrons. The van der Waals surface area contributed by atoms with E-state index >= 15 is 0 Å². The van der Waals surface area contributed by atoms with Crippen LogP contribution >= 0.6 is 24.0 Å². The Morgan fingerprint density at radius 1 is 0.903 bits per heavy atom. The van der Waals surface area contributed by atoms with Gasteiger partial charge in [-0.2, -0.15) is 0 Å². The molecule has 172 valence electrons. The van der Waals surface area contributed by atoms with Gasteiger partial charge in [-0.3, -0.25) is 0 Å². The minimum absolute atomic E-state index is 0. The summed E-state index contributed by atoms with van der Waals surface area (Å²) in [6.07, 6.45) is 1.56. The zero-order valence-electron chi connectivity index (χ0n) is 17.5. The molecule has 0 aliphatic carbocycles. The van der Waals surface area contributed by atoms with Crippen LogP contribution in [0.2, 0.25) is 5.02 Å². The smallest absolute Gasteiger partial charge is 0.198 e. The molecule has 0 bridgehead atoms. The van der Waals surface area contributed by atoms with Gasteiger partial charge in [-0.15, -0.1) is 12.4 Å². The second-order valence-electron chi connectivity index (χ2n) is 7.89.